The second kappa shape index (κ2) is 6.42. The molecule has 1 aromatic carbocycles. The minimum absolute atomic E-state index is 0.119. The van der Waals surface area contributed by atoms with Gasteiger partial charge in [-0.15, -0.1) is 0 Å². The quantitative estimate of drug-likeness (QED) is 0.876. The first kappa shape index (κ1) is 15.3. The van der Waals surface area contributed by atoms with Crippen molar-refractivity contribution in [1.82, 2.24) is 5.32 Å². The average Bonchev–Trinajstić information content (AvgIpc) is 2.31. The minimum Gasteiger partial charge on any atom is -0.480 e. The highest BCUT2D eigenvalue weighted by Gasteiger charge is 2.24. The van der Waals surface area contributed by atoms with Gasteiger partial charge >= 0.3 is 5.97 Å². The molecule has 0 spiro atoms. The highest BCUT2D eigenvalue weighted by atomic mass is 35.5. The summed E-state index contributed by atoms with van der Waals surface area (Å²) in [4.78, 5) is 22.3. The predicted molar refractivity (Wildman–Crippen MR) is 60.9 cm³/mol. The number of carbonyl (C=O) groups excluding carboxylic acids is 1. The zero-order valence-corrected chi connectivity index (χ0v) is 10.1. The molecule has 104 valence electrons. The Kier molecular flexibility index (Phi) is 5.17. The highest BCUT2D eigenvalue weighted by molar-refractivity contribution is 6.31. The van der Waals surface area contributed by atoms with Gasteiger partial charge in [0, 0.05) is 12.0 Å². The van der Waals surface area contributed by atoms with Crippen LogP contribution < -0.4 is 5.32 Å². The summed E-state index contributed by atoms with van der Waals surface area (Å²) in [5.41, 5.74) is -0.119. The van der Waals surface area contributed by atoms with E-state index >= 15 is 0 Å². The summed E-state index contributed by atoms with van der Waals surface area (Å²) in [6.45, 7) is 0. The molecule has 0 aliphatic heterocycles. The Labute approximate surface area is 111 Å². The molecule has 0 aliphatic rings. The van der Waals surface area contributed by atoms with E-state index in [1.54, 1.807) is 0 Å². The number of rotatable bonds is 5. The summed E-state index contributed by atoms with van der Waals surface area (Å²) in [6.07, 6.45) is -3.89. The van der Waals surface area contributed by atoms with Gasteiger partial charge < -0.3 is 10.4 Å². The summed E-state index contributed by atoms with van der Waals surface area (Å²) in [5, 5.41) is 10.3. The van der Waals surface area contributed by atoms with E-state index in [1.807, 2.05) is 5.32 Å². The zero-order chi connectivity index (χ0) is 14.6. The first-order valence-corrected chi connectivity index (χ1v) is 5.46. The van der Waals surface area contributed by atoms with Crippen molar-refractivity contribution < 1.29 is 27.9 Å². The van der Waals surface area contributed by atoms with Crippen LogP contribution in [0.4, 0.5) is 13.2 Å². The molecule has 1 amide bonds. The van der Waals surface area contributed by atoms with Crippen LogP contribution in [0.1, 0.15) is 16.8 Å². The van der Waals surface area contributed by atoms with Crippen LogP contribution in [0, 0.1) is 5.82 Å². The molecule has 0 heterocycles. The number of hydrogen-bond donors (Lipinski definition) is 2. The number of carbonyl (C=O) groups is 2. The zero-order valence-electron chi connectivity index (χ0n) is 9.37. The van der Waals surface area contributed by atoms with Gasteiger partial charge in [-0.05, 0) is 18.2 Å². The van der Waals surface area contributed by atoms with Gasteiger partial charge in [0.2, 0.25) is 6.43 Å². The molecular formula is C11H9ClF3NO3. The van der Waals surface area contributed by atoms with E-state index in [2.05, 4.69) is 0 Å². The summed E-state index contributed by atoms with van der Waals surface area (Å²) in [6, 6.07) is 1.24. The molecule has 0 aromatic heterocycles. The lowest BCUT2D eigenvalue weighted by atomic mass is 10.1. The van der Waals surface area contributed by atoms with Gasteiger partial charge in [0.1, 0.15) is 11.9 Å². The third kappa shape index (κ3) is 4.44. The van der Waals surface area contributed by atoms with Crippen LogP contribution in [0.15, 0.2) is 18.2 Å². The van der Waals surface area contributed by atoms with E-state index in [0.29, 0.717) is 0 Å². The first-order valence-electron chi connectivity index (χ1n) is 5.08. The Balaban J connectivity index is 2.81. The molecule has 1 rings (SSSR count). The monoisotopic (exact) mass is 295 g/mol. The Bertz CT molecular complexity index is 496. The fourth-order valence-corrected chi connectivity index (χ4v) is 1.46. The third-order valence-corrected chi connectivity index (χ3v) is 2.49. The molecule has 1 aromatic rings. The first-order chi connectivity index (χ1) is 8.81. The van der Waals surface area contributed by atoms with E-state index in [4.69, 9.17) is 16.7 Å². The molecule has 1 unspecified atom stereocenters. The number of carboxylic acid groups (broad SMARTS) is 1. The van der Waals surface area contributed by atoms with Crippen molar-refractivity contribution in [1.29, 1.82) is 0 Å². The van der Waals surface area contributed by atoms with Gasteiger partial charge in [-0.3, -0.25) is 4.79 Å². The van der Waals surface area contributed by atoms with Gasteiger partial charge in [0.05, 0.1) is 5.02 Å². The number of amides is 1. The normalized spacial score (nSPS) is 12.3. The summed E-state index contributed by atoms with van der Waals surface area (Å²) in [5.74, 6) is -3.25. The van der Waals surface area contributed by atoms with Crippen molar-refractivity contribution in [2.75, 3.05) is 0 Å². The lowest BCUT2D eigenvalue weighted by Crippen LogP contribution is -2.42. The van der Waals surface area contributed by atoms with Crippen LogP contribution in [0.2, 0.25) is 5.02 Å². The molecule has 0 bridgehead atoms. The molecule has 4 nitrogen and oxygen atoms in total. The second-order valence-electron chi connectivity index (χ2n) is 3.62. The number of carboxylic acids is 1. The van der Waals surface area contributed by atoms with Crippen molar-refractivity contribution in [3.8, 4) is 0 Å². The Hall–Kier alpha value is -1.76. The number of hydrogen-bond acceptors (Lipinski definition) is 2. The number of nitrogens with one attached hydrogen (secondary N) is 1. The molecule has 1 atom stereocenters. The van der Waals surface area contributed by atoms with Crippen molar-refractivity contribution in [2.45, 2.75) is 18.9 Å². The molecule has 0 saturated heterocycles. The fourth-order valence-electron chi connectivity index (χ4n) is 1.28. The maximum Gasteiger partial charge on any atom is 0.326 e. The van der Waals surface area contributed by atoms with Crippen LogP contribution in [0.5, 0.6) is 0 Å². The number of halogens is 4. The molecule has 0 saturated carbocycles. The number of benzene rings is 1. The van der Waals surface area contributed by atoms with E-state index in [0.717, 1.165) is 18.2 Å². The Morgan fingerprint density at radius 1 is 1.37 bits per heavy atom. The van der Waals surface area contributed by atoms with E-state index in [1.165, 1.54) is 0 Å². The maximum absolute atomic E-state index is 12.9. The lowest BCUT2D eigenvalue weighted by Gasteiger charge is -2.14. The van der Waals surface area contributed by atoms with Crippen molar-refractivity contribution in [3.05, 3.63) is 34.6 Å². The van der Waals surface area contributed by atoms with E-state index in [-0.39, 0.29) is 10.6 Å². The SMILES string of the molecule is O=C(NC(CC(F)F)C(=O)O)c1ccc(F)c(Cl)c1. The van der Waals surface area contributed by atoms with Gasteiger partial charge in [-0.1, -0.05) is 11.6 Å². The lowest BCUT2D eigenvalue weighted by molar-refractivity contribution is -0.140. The van der Waals surface area contributed by atoms with Crippen molar-refractivity contribution >= 4 is 23.5 Å². The smallest absolute Gasteiger partial charge is 0.326 e. The Morgan fingerprint density at radius 3 is 2.47 bits per heavy atom. The molecule has 0 aliphatic carbocycles. The van der Waals surface area contributed by atoms with Gasteiger partial charge in [-0.25, -0.2) is 18.0 Å². The van der Waals surface area contributed by atoms with Crippen LogP contribution in [0.3, 0.4) is 0 Å². The summed E-state index contributed by atoms with van der Waals surface area (Å²) in [7, 11) is 0. The topological polar surface area (TPSA) is 66.4 Å². The van der Waals surface area contributed by atoms with Crippen LogP contribution in [-0.4, -0.2) is 29.5 Å². The summed E-state index contributed by atoms with van der Waals surface area (Å²) >= 11 is 5.45. The third-order valence-electron chi connectivity index (χ3n) is 2.20. The second-order valence-corrected chi connectivity index (χ2v) is 4.03. The number of aliphatic carboxylic acids is 1. The maximum atomic E-state index is 12.9. The Morgan fingerprint density at radius 2 is 2.00 bits per heavy atom. The highest BCUT2D eigenvalue weighted by Crippen LogP contribution is 2.16. The van der Waals surface area contributed by atoms with E-state index in [9.17, 15) is 22.8 Å². The molecule has 0 radical (unpaired) electrons. The van der Waals surface area contributed by atoms with Crippen molar-refractivity contribution in [3.63, 3.8) is 0 Å². The predicted octanol–water partition coefficient (Wildman–Crippen LogP) is 2.32. The van der Waals surface area contributed by atoms with Gasteiger partial charge in [-0.2, -0.15) is 0 Å². The average molecular weight is 296 g/mol. The van der Waals surface area contributed by atoms with Gasteiger partial charge in [0.15, 0.2) is 0 Å². The molecule has 0 fully saturated rings. The molecule has 19 heavy (non-hydrogen) atoms. The number of alkyl halides is 2. The molecular weight excluding hydrogens is 287 g/mol. The molecule has 2 N–H and O–H groups in total. The van der Waals surface area contributed by atoms with Crippen LogP contribution in [-0.2, 0) is 4.79 Å². The van der Waals surface area contributed by atoms with Crippen molar-refractivity contribution in [2.24, 2.45) is 0 Å². The summed E-state index contributed by atoms with van der Waals surface area (Å²) < 4.78 is 37.1. The molecule has 8 heteroatoms. The van der Waals surface area contributed by atoms with Crippen LogP contribution >= 0.6 is 11.6 Å². The van der Waals surface area contributed by atoms with Crippen LogP contribution in [0.25, 0.3) is 0 Å². The fraction of sp³-hybridized carbons (Fsp3) is 0.273. The largest absolute Gasteiger partial charge is 0.480 e. The van der Waals surface area contributed by atoms with Gasteiger partial charge in [0.25, 0.3) is 5.91 Å². The van der Waals surface area contributed by atoms with E-state index < -0.39 is 36.6 Å². The minimum atomic E-state index is -2.88. The standard InChI is InChI=1S/C11H9ClF3NO3/c12-6-3-5(1-2-7(6)13)10(17)16-8(11(18)19)4-9(14)15/h1-3,8-9H,4H2,(H,16,17)(H,18,19).